The van der Waals surface area contributed by atoms with Crippen LogP contribution in [0.5, 0.6) is 23.0 Å². The second-order valence-electron chi connectivity index (χ2n) is 9.37. The van der Waals surface area contributed by atoms with Gasteiger partial charge in [0.15, 0.2) is 11.6 Å². The van der Waals surface area contributed by atoms with E-state index in [-0.39, 0.29) is 82.5 Å². The van der Waals surface area contributed by atoms with Crippen LogP contribution in [0.1, 0.15) is 80.9 Å². The number of aromatic amines is 1. The first-order valence-electron chi connectivity index (χ1n) is 12.3. The van der Waals surface area contributed by atoms with Crippen molar-refractivity contribution >= 4 is 22.5 Å². The van der Waals surface area contributed by atoms with Gasteiger partial charge in [-0.1, -0.05) is 32.0 Å². The third-order valence-corrected chi connectivity index (χ3v) is 6.97. The maximum absolute atomic E-state index is 12.5. The molecule has 0 unspecified atom stereocenters. The van der Waals surface area contributed by atoms with E-state index in [1.165, 1.54) is 12.1 Å². The lowest BCUT2D eigenvalue weighted by Crippen LogP contribution is -2.05. The molecule has 1 heterocycles. The molecule has 0 aliphatic carbocycles. The van der Waals surface area contributed by atoms with E-state index >= 15 is 0 Å². The Kier molecular flexibility index (Phi) is 6.99. The molecule has 3 aromatic carbocycles. The van der Waals surface area contributed by atoms with Crippen LogP contribution in [0.3, 0.4) is 0 Å². The van der Waals surface area contributed by atoms with Gasteiger partial charge < -0.3 is 25.4 Å². The minimum Gasteiger partial charge on any atom is -0.507 e. The molecule has 0 fully saturated rings. The molecule has 0 saturated carbocycles. The smallest absolute Gasteiger partial charge is 0.166 e. The fourth-order valence-corrected chi connectivity index (χ4v) is 4.83. The number of aromatic nitrogens is 1. The number of para-hydroxylation sites is 1. The molecule has 0 aliphatic heterocycles. The number of Topliss-reactive ketones (excluding diaryl/α,β-unsaturated/α-hetero) is 2. The molecule has 4 aromatic rings. The molecule has 37 heavy (non-hydrogen) atoms. The van der Waals surface area contributed by atoms with Crippen LogP contribution >= 0.6 is 0 Å². The van der Waals surface area contributed by atoms with Crippen LogP contribution in [0.15, 0.2) is 36.4 Å². The van der Waals surface area contributed by atoms with Crippen LogP contribution in [-0.4, -0.2) is 37.0 Å². The van der Waals surface area contributed by atoms with Crippen molar-refractivity contribution in [3.05, 3.63) is 81.0 Å². The number of ketones is 2. The number of carbonyl (C=O) groups is 2. The molecule has 0 radical (unpaired) electrons. The zero-order chi connectivity index (χ0) is 27.0. The van der Waals surface area contributed by atoms with E-state index < -0.39 is 0 Å². The number of nitrogens with one attached hydrogen (secondary N) is 1. The summed E-state index contributed by atoms with van der Waals surface area (Å²) in [6.07, 6.45) is 0.581. The molecule has 0 amide bonds. The third-order valence-electron chi connectivity index (χ3n) is 6.97. The molecule has 7 nitrogen and oxygen atoms in total. The van der Waals surface area contributed by atoms with Crippen LogP contribution in [0.25, 0.3) is 10.9 Å². The van der Waals surface area contributed by atoms with Crippen LogP contribution in [0, 0.1) is 13.8 Å². The molecule has 0 aliphatic rings. The quantitative estimate of drug-likeness (QED) is 0.189. The standard InChI is InChI=1S/C30H31NO6/c1-5-25(32)19-11-15(3)27(34)21(29(19)36)13-18-17-9-7-8-10-23(17)31-24(18)14-22-28(35)16(4)12-20(30(22)37)26(33)6-2/h7-12,31,34-37H,5-6,13-14H2,1-4H3. The number of hydrogen-bond donors (Lipinski definition) is 5. The van der Waals surface area contributed by atoms with Gasteiger partial charge in [0, 0.05) is 53.4 Å². The Labute approximate surface area is 215 Å². The van der Waals surface area contributed by atoms with Gasteiger partial charge in [0.05, 0.1) is 11.1 Å². The molecular weight excluding hydrogens is 470 g/mol. The van der Waals surface area contributed by atoms with E-state index in [1.54, 1.807) is 27.7 Å². The summed E-state index contributed by atoms with van der Waals surface area (Å²) in [6.45, 7) is 6.76. The largest absolute Gasteiger partial charge is 0.507 e. The maximum atomic E-state index is 12.5. The molecule has 4 rings (SSSR count). The van der Waals surface area contributed by atoms with Gasteiger partial charge >= 0.3 is 0 Å². The summed E-state index contributed by atoms with van der Waals surface area (Å²) >= 11 is 0. The number of rotatable bonds is 8. The van der Waals surface area contributed by atoms with Crippen molar-refractivity contribution in [2.75, 3.05) is 0 Å². The van der Waals surface area contributed by atoms with Gasteiger partial charge in [-0.3, -0.25) is 9.59 Å². The van der Waals surface area contributed by atoms with E-state index in [0.717, 1.165) is 16.5 Å². The van der Waals surface area contributed by atoms with Gasteiger partial charge in [-0.2, -0.15) is 0 Å². The number of carbonyl (C=O) groups excluding carboxylic acids is 2. The predicted molar refractivity (Wildman–Crippen MR) is 142 cm³/mol. The zero-order valence-electron chi connectivity index (χ0n) is 21.4. The predicted octanol–water partition coefficient (Wildman–Crippen LogP) is 5.97. The third kappa shape index (κ3) is 4.53. The lowest BCUT2D eigenvalue weighted by molar-refractivity contribution is 0.0977. The number of phenols is 4. The highest BCUT2D eigenvalue weighted by Crippen LogP contribution is 2.41. The normalized spacial score (nSPS) is 11.2. The summed E-state index contributed by atoms with van der Waals surface area (Å²) in [4.78, 5) is 28.2. The Morgan fingerprint density at radius 3 is 1.70 bits per heavy atom. The molecule has 0 spiro atoms. The van der Waals surface area contributed by atoms with Crippen molar-refractivity contribution in [3.63, 3.8) is 0 Å². The Balaban J connectivity index is 1.91. The fraction of sp³-hybridized carbons (Fsp3) is 0.267. The Morgan fingerprint density at radius 2 is 1.19 bits per heavy atom. The van der Waals surface area contributed by atoms with Gasteiger partial charge in [-0.15, -0.1) is 0 Å². The van der Waals surface area contributed by atoms with Crippen molar-refractivity contribution in [1.29, 1.82) is 0 Å². The van der Waals surface area contributed by atoms with Gasteiger partial charge in [0.2, 0.25) is 0 Å². The minimum atomic E-state index is -0.267. The highest BCUT2D eigenvalue weighted by atomic mass is 16.3. The molecule has 7 heteroatoms. The minimum absolute atomic E-state index is 0.0709. The highest BCUT2D eigenvalue weighted by Gasteiger charge is 2.25. The van der Waals surface area contributed by atoms with Crippen LogP contribution < -0.4 is 0 Å². The Hall–Kier alpha value is -4.26. The van der Waals surface area contributed by atoms with Crippen molar-refractivity contribution in [2.24, 2.45) is 0 Å². The first kappa shape index (κ1) is 25.8. The Morgan fingerprint density at radius 1 is 0.703 bits per heavy atom. The molecule has 192 valence electrons. The molecule has 1 aromatic heterocycles. The summed E-state index contributed by atoms with van der Waals surface area (Å²) in [5.74, 6) is -1.20. The van der Waals surface area contributed by atoms with Crippen molar-refractivity contribution in [3.8, 4) is 23.0 Å². The van der Waals surface area contributed by atoms with E-state index in [9.17, 15) is 30.0 Å². The van der Waals surface area contributed by atoms with Crippen LogP contribution in [0.2, 0.25) is 0 Å². The number of aromatic hydroxyl groups is 4. The van der Waals surface area contributed by atoms with Crippen LogP contribution in [-0.2, 0) is 12.8 Å². The number of aryl methyl sites for hydroxylation is 2. The molecule has 0 bridgehead atoms. The van der Waals surface area contributed by atoms with Gasteiger partial charge in [0.1, 0.15) is 23.0 Å². The summed E-state index contributed by atoms with van der Waals surface area (Å²) in [7, 11) is 0. The first-order valence-corrected chi connectivity index (χ1v) is 12.3. The molecule has 0 atom stereocenters. The average Bonchev–Trinajstić information content (AvgIpc) is 3.24. The number of phenolic OH excluding ortho intramolecular Hbond substituents is 4. The summed E-state index contributed by atoms with van der Waals surface area (Å²) in [6, 6.07) is 10.5. The van der Waals surface area contributed by atoms with Gasteiger partial charge in [-0.05, 0) is 48.7 Å². The van der Waals surface area contributed by atoms with E-state index in [4.69, 9.17) is 0 Å². The summed E-state index contributed by atoms with van der Waals surface area (Å²) in [5, 5.41) is 44.4. The van der Waals surface area contributed by atoms with E-state index in [2.05, 4.69) is 4.98 Å². The van der Waals surface area contributed by atoms with Gasteiger partial charge in [-0.25, -0.2) is 0 Å². The molecule has 0 saturated heterocycles. The van der Waals surface area contributed by atoms with Crippen molar-refractivity contribution in [1.82, 2.24) is 4.98 Å². The number of H-pyrrole nitrogens is 1. The monoisotopic (exact) mass is 501 g/mol. The van der Waals surface area contributed by atoms with Gasteiger partial charge in [0.25, 0.3) is 0 Å². The lowest BCUT2D eigenvalue weighted by atomic mass is 9.91. The summed E-state index contributed by atoms with van der Waals surface area (Å²) in [5.41, 5.74) is 3.85. The second kappa shape index (κ2) is 10.0. The average molecular weight is 502 g/mol. The topological polar surface area (TPSA) is 131 Å². The zero-order valence-corrected chi connectivity index (χ0v) is 21.4. The molecule has 5 N–H and O–H groups in total. The van der Waals surface area contributed by atoms with E-state index in [1.807, 2.05) is 24.3 Å². The van der Waals surface area contributed by atoms with Crippen molar-refractivity contribution < 1.29 is 30.0 Å². The molecular formula is C30H31NO6. The highest BCUT2D eigenvalue weighted by molar-refractivity contribution is 6.00. The number of fused-ring (bicyclic) bond motifs is 1. The fourth-order valence-electron chi connectivity index (χ4n) is 4.83. The number of benzene rings is 3. The first-order chi connectivity index (χ1) is 17.6. The SMILES string of the molecule is CCC(=O)c1cc(C)c(O)c(Cc2[nH]c3ccccc3c2Cc2c(O)c(C)cc(C(=O)CC)c2O)c1O. The Bertz CT molecular complexity index is 1550. The van der Waals surface area contributed by atoms with E-state index in [0.29, 0.717) is 16.8 Å². The van der Waals surface area contributed by atoms with Crippen LogP contribution in [0.4, 0.5) is 0 Å². The summed E-state index contributed by atoms with van der Waals surface area (Å²) < 4.78 is 0. The second-order valence-corrected chi connectivity index (χ2v) is 9.37. The van der Waals surface area contributed by atoms with Crippen molar-refractivity contribution in [2.45, 2.75) is 53.4 Å². The maximum Gasteiger partial charge on any atom is 0.166 e. The number of hydrogen-bond acceptors (Lipinski definition) is 6. The lowest BCUT2D eigenvalue weighted by Gasteiger charge is -2.16.